The van der Waals surface area contributed by atoms with Crippen molar-refractivity contribution < 1.29 is 9.53 Å². The van der Waals surface area contributed by atoms with Gasteiger partial charge >= 0.3 is 0 Å². The maximum absolute atomic E-state index is 12.9. The van der Waals surface area contributed by atoms with Gasteiger partial charge in [0.2, 0.25) is 0 Å². The van der Waals surface area contributed by atoms with Gasteiger partial charge in [0, 0.05) is 32.4 Å². The van der Waals surface area contributed by atoms with Crippen LogP contribution in [0.5, 0.6) is 0 Å². The summed E-state index contributed by atoms with van der Waals surface area (Å²) in [6.45, 7) is 7.40. The molecule has 6 heteroatoms. The molecule has 130 valence electrons. The van der Waals surface area contributed by atoms with Crippen molar-refractivity contribution in [3.8, 4) is 0 Å². The molecular weight excluding hydrogens is 292 g/mol. The summed E-state index contributed by atoms with van der Waals surface area (Å²) in [6, 6.07) is 2.43. The molecule has 0 saturated carbocycles. The van der Waals surface area contributed by atoms with Gasteiger partial charge < -0.3 is 15.0 Å². The van der Waals surface area contributed by atoms with Crippen LogP contribution >= 0.6 is 0 Å². The van der Waals surface area contributed by atoms with E-state index in [4.69, 9.17) is 4.74 Å². The molecule has 1 amide bonds. The number of aromatic nitrogens is 2. The molecule has 1 aromatic rings. The fourth-order valence-electron chi connectivity index (χ4n) is 3.23. The Hall–Kier alpha value is -1.40. The fraction of sp³-hybridized carbons (Fsp3) is 0.765. The quantitative estimate of drug-likeness (QED) is 0.796. The molecule has 1 N–H and O–H groups in total. The number of methoxy groups -OCH3 is 1. The summed E-state index contributed by atoms with van der Waals surface area (Å²) in [4.78, 5) is 14.8. The maximum atomic E-state index is 12.9. The lowest BCUT2D eigenvalue weighted by molar-refractivity contribution is 0.0582. The van der Waals surface area contributed by atoms with Gasteiger partial charge in [0.15, 0.2) is 0 Å². The summed E-state index contributed by atoms with van der Waals surface area (Å²) >= 11 is 0. The van der Waals surface area contributed by atoms with E-state index in [1.54, 1.807) is 7.11 Å². The maximum Gasteiger partial charge on any atom is 0.274 e. The van der Waals surface area contributed by atoms with E-state index in [1.165, 1.54) is 0 Å². The fourth-order valence-corrected chi connectivity index (χ4v) is 3.23. The molecule has 1 fully saturated rings. The molecule has 1 aromatic heterocycles. The number of carbonyl (C=O) groups excluding carboxylic acids is 1. The van der Waals surface area contributed by atoms with Gasteiger partial charge in [-0.05, 0) is 38.3 Å². The highest BCUT2D eigenvalue weighted by Gasteiger charge is 2.25. The highest BCUT2D eigenvalue weighted by atomic mass is 16.5. The van der Waals surface area contributed by atoms with E-state index < -0.39 is 0 Å². The van der Waals surface area contributed by atoms with Crippen molar-refractivity contribution in [1.29, 1.82) is 0 Å². The summed E-state index contributed by atoms with van der Waals surface area (Å²) in [5, 5.41) is 7.94. The molecule has 0 aromatic carbocycles. The molecule has 2 rings (SSSR count). The van der Waals surface area contributed by atoms with Crippen LogP contribution in [0.1, 0.15) is 56.1 Å². The zero-order chi connectivity index (χ0) is 16.7. The molecule has 1 aliphatic rings. The first-order chi connectivity index (χ1) is 11.2. The first-order valence-electron chi connectivity index (χ1n) is 8.77. The Morgan fingerprint density at radius 3 is 2.91 bits per heavy atom. The van der Waals surface area contributed by atoms with Crippen molar-refractivity contribution in [3.05, 3.63) is 18.0 Å². The van der Waals surface area contributed by atoms with E-state index in [2.05, 4.69) is 24.3 Å². The molecule has 0 aliphatic carbocycles. The number of piperidine rings is 1. The molecular formula is C17H30N4O2. The van der Waals surface area contributed by atoms with Crippen LogP contribution in [0, 0.1) is 0 Å². The third-order valence-electron chi connectivity index (χ3n) is 4.65. The second kappa shape index (κ2) is 9.03. The first-order valence-corrected chi connectivity index (χ1v) is 8.77. The van der Waals surface area contributed by atoms with E-state index in [1.807, 2.05) is 21.8 Å². The Bertz CT molecular complexity index is 479. The average molecular weight is 322 g/mol. The minimum atomic E-state index is 0.0123. The summed E-state index contributed by atoms with van der Waals surface area (Å²) in [7, 11) is 1.67. The van der Waals surface area contributed by atoms with Crippen LogP contribution < -0.4 is 5.32 Å². The van der Waals surface area contributed by atoms with Gasteiger partial charge in [-0.2, -0.15) is 5.10 Å². The number of carbonyl (C=O) groups is 1. The Morgan fingerprint density at radius 2 is 2.30 bits per heavy atom. The minimum Gasteiger partial charge on any atom is -0.383 e. The molecule has 1 saturated heterocycles. The standard InChI is InChI=1S/C17H30N4O2/c1-4-14(5-2)20(11-12-23-3)17(22)16-8-10-21(19-16)15-7-6-9-18-13-15/h8,10,14-15,18H,4-7,9,11-13H2,1-3H3. The number of amides is 1. The van der Waals surface area contributed by atoms with E-state index in [9.17, 15) is 4.79 Å². The Balaban J connectivity index is 2.10. The lowest BCUT2D eigenvalue weighted by atomic mass is 10.1. The largest absolute Gasteiger partial charge is 0.383 e. The number of hydrogen-bond donors (Lipinski definition) is 1. The van der Waals surface area contributed by atoms with Crippen molar-refractivity contribution >= 4 is 5.91 Å². The second-order valence-electron chi connectivity index (χ2n) is 6.14. The lowest BCUT2D eigenvalue weighted by Gasteiger charge is -2.30. The summed E-state index contributed by atoms with van der Waals surface area (Å²) < 4.78 is 7.12. The van der Waals surface area contributed by atoms with Crippen molar-refractivity contribution in [1.82, 2.24) is 20.0 Å². The number of hydrogen-bond acceptors (Lipinski definition) is 4. The molecule has 0 spiro atoms. The number of nitrogens with zero attached hydrogens (tertiary/aromatic N) is 3. The van der Waals surface area contributed by atoms with E-state index in [0.717, 1.165) is 38.8 Å². The lowest BCUT2D eigenvalue weighted by Crippen LogP contribution is -2.42. The number of rotatable bonds is 8. The second-order valence-corrected chi connectivity index (χ2v) is 6.14. The van der Waals surface area contributed by atoms with Gasteiger partial charge in [0.1, 0.15) is 5.69 Å². The molecule has 0 radical (unpaired) electrons. The van der Waals surface area contributed by atoms with Crippen LogP contribution in [0.25, 0.3) is 0 Å². The Kier molecular flexibility index (Phi) is 7.05. The first kappa shape index (κ1) is 17.9. The van der Waals surface area contributed by atoms with Crippen LogP contribution in [0.4, 0.5) is 0 Å². The summed E-state index contributed by atoms with van der Waals surface area (Å²) in [6.07, 6.45) is 6.09. The van der Waals surface area contributed by atoms with Crippen LogP contribution in [-0.2, 0) is 4.74 Å². The van der Waals surface area contributed by atoms with Crippen LogP contribution in [0.2, 0.25) is 0 Å². The SMILES string of the molecule is CCC(CC)N(CCOC)C(=O)c1ccn(C2CCCNC2)n1. The van der Waals surface area contributed by atoms with Crippen molar-refractivity contribution in [2.24, 2.45) is 0 Å². The van der Waals surface area contributed by atoms with Gasteiger partial charge in [-0.1, -0.05) is 13.8 Å². The molecule has 6 nitrogen and oxygen atoms in total. The van der Waals surface area contributed by atoms with Crippen LogP contribution in [-0.4, -0.2) is 60.0 Å². The third kappa shape index (κ3) is 4.54. The minimum absolute atomic E-state index is 0.0123. The van der Waals surface area contributed by atoms with Gasteiger partial charge in [0.05, 0.1) is 12.6 Å². The number of ether oxygens (including phenoxy) is 1. The van der Waals surface area contributed by atoms with Gasteiger partial charge in [-0.25, -0.2) is 0 Å². The molecule has 1 aliphatic heterocycles. The highest BCUT2D eigenvalue weighted by molar-refractivity contribution is 5.92. The molecule has 1 unspecified atom stereocenters. The van der Waals surface area contributed by atoms with Crippen molar-refractivity contribution in [2.75, 3.05) is 33.4 Å². The molecule has 23 heavy (non-hydrogen) atoms. The van der Waals surface area contributed by atoms with Gasteiger partial charge in [-0.3, -0.25) is 9.48 Å². The van der Waals surface area contributed by atoms with Gasteiger partial charge in [-0.15, -0.1) is 0 Å². The van der Waals surface area contributed by atoms with Crippen molar-refractivity contribution in [2.45, 2.75) is 51.6 Å². The van der Waals surface area contributed by atoms with Crippen LogP contribution in [0.3, 0.4) is 0 Å². The third-order valence-corrected chi connectivity index (χ3v) is 4.65. The zero-order valence-corrected chi connectivity index (χ0v) is 14.6. The normalized spacial score (nSPS) is 18.3. The average Bonchev–Trinajstić information content (AvgIpc) is 3.09. The predicted octanol–water partition coefficient (Wildman–Crippen LogP) is 2.08. The van der Waals surface area contributed by atoms with Crippen LogP contribution in [0.15, 0.2) is 12.3 Å². The smallest absolute Gasteiger partial charge is 0.274 e. The summed E-state index contributed by atoms with van der Waals surface area (Å²) in [5.74, 6) is 0.0123. The summed E-state index contributed by atoms with van der Waals surface area (Å²) in [5.41, 5.74) is 0.540. The van der Waals surface area contributed by atoms with E-state index in [-0.39, 0.29) is 11.9 Å². The monoisotopic (exact) mass is 322 g/mol. The molecule has 1 atom stereocenters. The van der Waals surface area contributed by atoms with E-state index in [0.29, 0.717) is 24.9 Å². The molecule has 0 bridgehead atoms. The highest BCUT2D eigenvalue weighted by Crippen LogP contribution is 2.17. The Morgan fingerprint density at radius 1 is 1.52 bits per heavy atom. The predicted molar refractivity (Wildman–Crippen MR) is 90.7 cm³/mol. The molecule has 2 heterocycles. The zero-order valence-electron chi connectivity index (χ0n) is 14.6. The van der Waals surface area contributed by atoms with E-state index >= 15 is 0 Å². The Labute approximate surface area is 139 Å². The topological polar surface area (TPSA) is 59.4 Å². The number of nitrogens with one attached hydrogen (secondary N) is 1. The van der Waals surface area contributed by atoms with Gasteiger partial charge in [0.25, 0.3) is 5.91 Å². The van der Waals surface area contributed by atoms with Crippen molar-refractivity contribution in [3.63, 3.8) is 0 Å².